The number of halogens is 22. The molecule has 0 fully saturated rings. The Morgan fingerprint density at radius 3 is 0.940 bits per heavy atom. The maximum Gasteiger partial charge on any atom is 0.162 e. The van der Waals surface area contributed by atoms with E-state index in [1.54, 1.807) is 78.6 Å². The van der Waals surface area contributed by atoms with Crippen LogP contribution >= 0.6 is 63.7 Å². The van der Waals surface area contributed by atoms with Crippen molar-refractivity contribution in [1.82, 2.24) is 0 Å². The van der Waals surface area contributed by atoms with Crippen LogP contribution in [0.15, 0.2) is 42.2 Å². The van der Waals surface area contributed by atoms with Crippen LogP contribution in [0.5, 0.6) is 0 Å². The Hall–Kier alpha value is -3.31. The van der Waals surface area contributed by atoms with Gasteiger partial charge in [-0.1, -0.05) is 78.6 Å². The summed E-state index contributed by atoms with van der Waals surface area (Å²) < 4.78 is 238. The van der Waals surface area contributed by atoms with Crippen molar-refractivity contribution in [1.29, 1.82) is 0 Å². The van der Waals surface area contributed by atoms with E-state index in [-0.39, 0.29) is 72.0 Å². The molecule has 0 aliphatic rings. The fourth-order valence-electron chi connectivity index (χ4n) is 7.24. The normalized spacial score (nSPS) is 11.5. The SMILES string of the molecule is C[Si](C)(C)c1c(F)c(F)cc(Br)c1F.Cc1c(F)c(F)c([Si](C)(C)C)c(F)c1Br.Cc1c(F)c(F)c([Si](C)(C)C)c(F)c1Br.Cc1c(F)c(F)c([Si](C)(C)C)c(F)c1COO.Cc1c(F)c(F)cc(F)c1COO.Fc1cc(F)c(Br)cc1F. The Bertz CT molecular complexity index is 3140. The van der Waals surface area contributed by atoms with Gasteiger partial charge in [-0.3, -0.25) is 10.5 Å². The topological polar surface area (TPSA) is 58.9 Å². The highest BCUT2D eigenvalue weighted by molar-refractivity contribution is 9.11. The molecular formula is C54H58Br4F18O4Si4. The highest BCUT2D eigenvalue weighted by Gasteiger charge is 2.34. The number of hydrogen-bond acceptors (Lipinski definition) is 4. The predicted molar refractivity (Wildman–Crippen MR) is 314 cm³/mol. The summed E-state index contributed by atoms with van der Waals surface area (Å²) in [5.74, 6) is -17.4. The third-order valence-corrected chi connectivity index (χ3v) is 22.5. The van der Waals surface area contributed by atoms with Gasteiger partial charge in [-0.15, -0.1) is 0 Å². The van der Waals surface area contributed by atoms with Gasteiger partial charge < -0.3 is 0 Å². The van der Waals surface area contributed by atoms with E-state index in [0.29, 0.717) is 12.1 Å². The van der Waals surface area contributed by atoms with Gasteiger partial charge in [0.1, 0.15) is 48.1 Å². The number of rotatable bonds is 8. The summed E-state index contributed by atoms with van der Waals surface area (Å²) in [6, 6.07) is 2.45. The van der Waals surface area contributed by atoms with Gasteiger partial charge in [-0.25, -0.2) is 88.8 Å². The summed E-state index contributed by atoms with van der Waals surface area (Å²) in [5, 5.41) is 15.9. The number of benzene rings is 6. The van der Waals surface area contributed by atoms with Crippen LogP contribution in [0.25, 0.3) is 0 Å². The second-order valence-corrected chi connectivity index (χ2v) is 45.6. The molecule has 6 rings (SSSR count). The zero-order chi connectivity index (χ0) is 66.1. The smallest absolute Gasteiger partial charge is 0.162 e. The molecule has 30 heteroatoms. The molecule has 0 spiro atoms. The first-order valence-electron chi connectivity index (χ1n) is 24.1. The van der Waals surface area contributed by atoms with Crippen molar-refractivity contribution in [3.63, 3.8) is 0 Å². The van der Waals surface area contributed by atoms with Crippen LogP contribution in [0.3, 0.4) is 0 Å². The van der Waals surface area contributed by atoms with Crippen LogP contribution < -0.4 is 20.7 Å². The minimum absolute atomic E-state index is 0.0196. The maximum absolute atomic E-state index is 14.1. The first kappa shape index (κ1) is 78.7. The molecular weight excluding hydrogens is 1490 g/mol. The van der Waals surface area contributed by atoms with Gasteiger partial charge in [0.05, 0.1) is 50.2 Å². The molecule has 0 aliphatic heterocycles. The highest BCUT2D eigenvalue weighted by atomic mass is 79.9. The largest absolute Gasteiger partial charge is 0.251 e. The third kappa shape index (κ3) is 19.8. The van der Waals surface area contributed by atoms with Gasteiger partial charge >= 0.3 is 0 Å². The van der Waals surface area contributed by atoms with Crippen molar-refractivity contribution in [2.75, 3.05) is 0 Å². The van der Waals surface area contributed by atoms with Gasteiger partial charge in [0.2, 0.25) is 0 Å². The molecule has 2 N–H and O–H groups in total. The Balaban J connectivity index is 0.000000507. The minimum atomic E-state index is -2.36. The summed E-state index contributed by atoms with van der Waals surface area (Å²) in [4.78, 5) is 7.49. The van der Waals surface area contributed by atoms with E-state index in [0.717, 1.165) is 12.1 Å². The summed E-state index contributed by atoms with van der Waals surface area (Å²) >= 11 is 11.5. The van der Waals surface area contributed by atoms with Gasteiger partial charge in [-0.2, -0.15) is 0 Å². The van der Waals surface area contributed by atoms with Crippen LogP contribution in [-0.2, 0) is 23.0 Å². The number of hydrogen-bond donors (Lipinski definition) is 2. The molecule has 4 nitrogen and oxygen atoms in total. The molecule has 468 valence electrons. The van der Waals surface area contributed by atoms with E-state index in [4.69, 9.17) is 10.5 Å². The molecule has 0 radical (unpaired) electrons. The second kappa shape index (κ2) is 31.7. The standard InChI is InChI=1S/C11H15F3O2Si.2C10H12BrF3Si.C9H10BrF3Si.C8H7F3O2.C6H2BrF3/c1-6-7(5-16-15)9(13)11(17(2,3)4)10(14)8(6)12;2*1-5-6(11)8(13)10(15(2,3)4)9(14)7(5)12;1-14(2,3)9-7(12)5(10)4-6(11)8(9)13;1-4-5(3-13-12)6(9)2-7(10)8(4)11;7-3-1-5(9)6(10)2-4(3)8/h15H,5H2,1-4H3;2*1-4H3;4H,1-3H3;2,12H,3H2,1H3;1-2H. The predicted octanol–water partition coefficient (Wildman–Crippen LogP) is 19.1. The maximum atomic E-state index is 14.1. The van der Waals surface area contributed by atoms with Crippen LogP contribution in [0.4, 0.5) is 79.0 Å². The first-order valence-corrected chi connectivity index (χ1v) is 41.3. The molecule has 0 aliphatic carbocycles. The minimum Gasteiger partial charge on any atom is -0.251 e. The molecule has 6 aromatic rings. The zero-order valence-corrected chi connectivity index (χ0v) is 58.1. The van der Waals surface area contributed by atoms with Crippen molar-refractivity contribution in [3.05, 3.63) is 180 Å². The van der Waals surface area contributed by atoms with E-state index >= 15 is 0 Å². The third-order valence-electron chi connectivity index (χ3n) is 11.7. The lowest BCUT2D eigenvalue weighted by Crippen LogP contribution is -2.44. The molecule has 0 bridgehead atoms. The highest BCUT2D eigenvalue weighted by Crippen LogP contribution is 2.29. The molecule has 0 unspecified atom stereocenters. The summed E-state index contributed by atoms with van der Waals surface area (Å²) in [7, 11) is -9.03. The molecule has 0 saturated carbocycles. The molecule has 0 heterocycles. The average molecular weight is 1540 g/mol. The van der Waals surface area contributed by atoms with Crippen molar-refractivity contribution in [3.8, 4) is 0 Å². The van der Waals surface area contributed by atoms with E-state index < -0.39 is 150 Å². The van der Waals surface area contributed by atoms with Gasteiger partial charge in [-0.05, 0) is 115 Å². The monoisotopic (exact) mass is 1540 g/mol. The Morgan fingerprint density at radius 2 is 0.583 bits per heavy atom. The van der Waals surface area contributed by atoms with Crippen LogP contribution in [-0.4, -0.2) is 42.8 Å². The Morgan fingerprint density at radius 1 is 0.298 bits per heavy atom. The van der Waals surface area contributed by atoms with Crippen LogP contribution in [0.1, 0.15) is 33.4 Å². The van der Waals surface area contributed by atoms with E-state index in [2.05, 4.69) is 73.5 Å². The average Bonchev–Trinajstić information content (AvgIpc) is 3.39. The fourth-order valence-corrected chi connectivity index (χ4v) is 15.5. The summed E-state index contributed by atoms with van der Waals surface area (Å²) in [5.41, 5.74) is -0.744. The second-order valence-electron chi connectivity index (χ2n) is 22.3. The van der Waals surface area contributed by atoms with Crippen molar-refractivity contribution in [2.24, 2.45) is 0 Å². The lowest BCUT2D eigenvalue weighted by atomic mass is 10.1. The van der Waals surface area contributed by atoms with E-state index in [9.17, 15) is 79.0 Å². The zero-order valence-electron chi connectivity index (χ0n) is 47.7. The molecule has 0 atom stereocenters. The first-order chi connectivity index (χ1) is 38.0. The molecule has 0 aromatic heterocycles. The summed E-state index contributed by atoms with van der Waals surface area (Å²) in [6.07, 6.45) is 0. The Labute approximate surface area is 512 Å². The van der Waals surface area contributed by atoms with Gasteiger partial charge in [0.15, 0.2) is 69.8 Å². The molecule has 84 heavy (non-hydrogen) atoms. The molecule has 0 amide bonds. The van der Waals surface area contributed by atoms with E-state index in [1.165, 1.54) is 27.7 Å². The van der Waals surface area contributed by atoms with E-state index in [1.807, 2.05) is 0 Å². The van der Waals surface area contributed by atoms with Gasteiger partial charge in [0, 0.05) is 55.1 Å². The van der Waals surface area contributed by atoms with Gasteiger partial charge in [0.25, 0.3) is 0 Å². The lowest BCUT2D eigenvalue weighted by Gasteiger charge is -2.21. The van der Waals surface area contributed by atoms with Crippen molar-refractivity contribution >= 4 is 117 Å². The fraction of sp³-hybridized carbons (Fsp3) is 0.333. The Kier molecular flexibility index (Phi) is 29.7. The molecule has 6 aromatic carbocycles. The lowest BCUT2D eigenvalue weighted by molar-refractivity contribution is -0.253. The molecule has 0 saturated heterocycles. The van der Waals surface area contributed by atoms with Crippen molar-refractivity contribution in [2.45, 2.75) is 119 Å². The quantitative estimate of drug-likeness (QED) is 0.0524. The van der Waals surface area contributed by atoms with Crippen LogP contribution in [0, 0.1) is 132 Å². The summed E-state index contributed by atoms with van der Waals surface area (Å²) in [6.45, 7) is 25.2. The van der Waals surface area contributed by atoms with Crippen molar-refractivity contribution < 1.29 is 99.3 Å². The van der Waals surface area contributed by atoms with Crippen LogP contribution in [0.2, 0.25) is 78.6 Å².